The van der Waals surface area contributed by atoms with E-state index in [2.05, 4.69) is 90.3 Å². The molecule has 1 aliphatic rings. The third kappa shape index (κ3) is 2.67. The minimum absolute atomic E-state index is 0.120. The molecule has 0 saturated carbocycles. The lowest BCUT2D eigenvalue weighted by Crippen LogP contribution is -2.23. The Hall–Kier alpha value is -1.99. The maximum atomic E-state index is 2.40. The minimum atomic E-state index is 0.120. The normalized spacial score (nSPS) is 18.2. The van der Waals surface area contributed by atoms with Crippen molar-refractivity contribution in [2.45, 2.75) is 57.3 Å². The Morgan fingerprint density at radius 3 is 1.93 bits per heavy atom. The maximum Gasteiger partial charge on any atom is 0.167 e. The first-order valence-electron chi connectivity index (χ1n) is 9.75. The van der Waals surface area contributed by atoms with E-state index in [4.69, 9.17) is 0 Å². The topological polar surface area (TPSA) is 0 Å². The lowest BCUT2D eigenvalue weighted by Gasteiger charge is -2.32. The second-order valence-corrected chi connectivity index (χ2v) is 9.97. The molecule has 138 valence electrons. The summed E-state index contributed by atoms with van der Waals surface area (Å²) in [5.41, 5.74) is 13.1. The largest absolute Gasteiger partial charge is 0.167 e. The van der Waals surface area contributed by atoms with Crippen LogP contribution in [-0.2, 0) is 10.9 Å². The van der Waals surface area contributed by atoms with Gasteiger partial charge in [0.25, 0.3) is 0 Å². The first-order valence-corrected chi connectivity index (χ1v) is 11.4. The van der Waals surface area contributed by atoms with Crippen molar-refractivity contribution in [2.75, 3.05) is 6.26 Å². The molecule has 3 aromatic rings. The summed E-state index contributed by atoms with van der Waals surface area (Å²) >= 11 is 0. The zero-order valence-corrected chi connectivity index (χ0v) is 18.3. The molecule has 0 amide bonds. The summed E-state index contributed by atoms with van der Waals surface area (Å²) in [5.74, 6) is 0.332. The number of hydrogen-bond acceptors (Lipinski definition) is 0. The molecule has 2 atom stereocenters. The number of rotatable bonds is 1. The highest BCUT2D eigenvalue weighted by atomic mass is 32.2. The van der Waals surface area contributed by atoms with Crippen molar-refractivity contribution in [3.63, 3.8) is 0 Å². The van der Waals surface area contributed by atoms with Crippen LogP contribution in [-0.4, -0.2) is 6.26 Å². The van der Waals surface area contributed by atoms with Gasteiger partial charge in [0.05, 0.1) is 10.9 Å². The number of fused-ring (bicyclic) bond motifs is 2. The molecule has 1 aliphatic heterocycles. The fourth-order valence-corrected chi connectivity index (χ4v) is 7.02. The average molecular weight is 374 g/mol. The van der Waals surface area contributed by atoms with Gasteiger partial charge in [0.15, 0.2) is 9.79 Å². The van der Waals surface area contributed by atoms with Gasteiger partial charge in [-0.15, -0.1) is 0 Å². The van der Waals surface area contributed by atoms with E-state index >= 15 is 0 Å². The van der Waals surface area contributed by atoms with Crippen LogP contribution in [0.1, 0.15) is 56.0 Å². The zero-order valence-electron chi connectivity index (χ0n) is 17.5. The van der Waals surface area contributed by atoms with Gasteiger partial charge >= 0.3 is 0 Å². The molecule has 4 rings (SSSR count). The van der Waals surface area contributed by atoms with E-state index in [1.165, 1.54) is 49.4 Å². The molecular weight excluding hydrogens is 344 g/mol. The Bertz CT molecular complexity index is 1030. The fourth-order valence-electron chi connectivity index (χ4n) is 4.82. The quantitative estimate of drug-likeness (QED) is 0.416. The summed E-state index contributed by atoms with van der Waals surface area (Å²) in [4.78, 5) is 3.08. The van der Waals surface area contributed by atoms with Crippen molar-refractivity contribution >= 4 is 10.9 Å². The molecule has 0 aliphatic carbocycles. The lowest BCUT2D eigenvalue weighted by molar-refractivity contribution is 0.855. The standard InChI is InChI=1S/C26H29S/c1-15-12-13-16(2)26-23(15)25(21-10-8-9-11-22(21)27(26)7)24-19(5)17(3)14-18(4)20(24)6/h8-14,25H,1-7H3/q+1/t25-,27?/m1/s1. The average Bonchev–Trinajstić information content (AvgIpc) is 2.65. The van der Waals surface area contributed by atoms with Crippen LogP contribution < -0.4 is 0 Å². The van der Waals surface area contributed by atoms with Gasteiger partial charge in [-0.05, 0) is 81.0 Å². The van der Waals surface area contributed by atoms with Crippen molar-refractivity contribution < 1.29 is 0 Å². The Balaban J connectivity index is 2.16. The first kappa shape index (κ1) is 18.4. The second kappa shape index (κ2) is 6.56. The van der Waals surface area contributed by atoms with Gasteiger partial charge in [0.2, 0.25) is 0 Å². The number of aryl methyl sites for hydroxylation is 4. The van der Waals surface area contributed by atoms with Crippen molar-refractivity contribution in [3.8, 4) is 0 Å². The van der Waals surface area contributed by atoms with Gasteiger partial charge in [-0.3, -0.25) is 0 Å². The van der Waals surface area contributed by atoms with Crippen LogP contribution in [0.3, 0.4) is 0 Å². The molecule has 1 unspecified atom stereocenters. The Morgan fingerprint density at radius 1 is 0.667 bits per heavy atom. The summed E-state index contributed by atoms with van der Waals surface area (Å²) in [7, 11) is 0.120. The Labute approximate surface area is 167 Å². The molecule has 0 fully saturated rings. The summed E-state index contributed by atoms with van der Waals surface area (Å²) in [5, 5.41) is 0. The molecule has 0 N–H and O–H groups in total. The third-order valence-corrected chi connectivity index (χ3v) is 8.66. The van der Waals surface area contributed by atoms with E-state index in [1.807, 2.05) is 0 Å². The van der Waals surface area contributed by atoms with E-state index in [0.29, 0.717) is 5.92 Å². The van der Waals surface area contributed by atoms with E-state index in [0.717, 1.165) is 0 Å². The van der Waals surface area contributed by atoms with E-state index in [-0.39, 0.29) is 10.9 Å². The van der Waals surface area contributed by atoms with Crippen LogP contribution in [0.15, 0.2) is 52.3 Å². The Morgan fingerprint density at radius 2 is 1.26 bits per heavy atom. The van der Waals surface area contributed by atoms with E-state index < -0.39 is 0 Å². The van der Waals surface area contributed by atoms with Crippen molar-refractivity contribution in [1.82, 2.24) is 0 Å². The molecule has 0 saturated heterocycles. The highest BCUT2D eigenvalue weighted by molar-refractivity contribution is 7.96. The van der Waals surface area contributed by atoms with Crippen molar-refractivity contribution in [3.05, 3.63) is 92.5 Å². The smallest absolute Gasteiger partial charge is 0.0616 e. The van der Waals surface area contributed by atoms with Gasteiger partial charge in [0, 0.05) is 22.6 Å². The molecule has 3 aromatic carbocycles. The monoisotopic (exact) mass is 373 g/mol. The van der Waals surface area contributed by atoms with Crippen LogP contribution >= 0.6 is 0 Å². The van der Waals surface area contributed by atoms with Crippen LogP contribution in [0.2, 0.25) is 0 Å². The molecular formula is C26H29S+. The molecule has 1 heterocycles. The molecule has 0 aromatic heterocycles. The summed E-state index contributed by atoms with van der Waals surface area (Å²) < 4.78 is 0. The molecule has 0 spiro atoms. The summed E-state index contributed by atoms with van der Waals surface area (Å²) in [6.45, 7) is 13.7. The second-order valence-electron chi connectivity index (χ2n) is 8.10. The summed E-state index contributed by atoms with van der Waals surface area (Å²) in [6.07, 6.45) is 2.40. The summed E-state index contributed by atoms with van der Waals surface area (Å²) in [6, 6.07) is 16.1. The van der Waals surface area contributed by atoms with Crippen LogP contribution in [0.5, 0.6) is 0 Å². The van der Waals surface area contributed by atoms with Gasteiger partial charge < -0.3 is 0 Å². The predicted molar refractivity (Wildman–Crippen MR) is 119 cm³/mol. The van der Waals surface area contributed by atoms with Crippen LogP contribution in [0.4, 0.5) is 0 Å². The zero-order chi connectivity index (χ0) is 19.5. The fraction of sp³-hybridized carbons (Fsp3) is 0.308. The molecule has 0 radical (unpaired) electrons. The van der Waals surface area contributed by atoms with Crippen molar-refractivity contribution in [2.24, 2.45) is 0 Å². The first-order chi connectivity index (χ1) is 12.8. The van der Waals surface area contributed by atoms with E-state index in [1.54, 1.807) is 10.5 Å². The maximum absolute atomic E-state index is 2.40. The van der Waals surface area contributed by atoms with Gasteiger partial charge in [-0.2, -0.15) is 0 Å². The SMILES string of the molecule is Cc1cc(C)c(C)c([C@@H]2c3ccccc3[S+](C)c3c(C)ccc(C)c32)c1C. The molecule has 0 nitrogen and oxygen atoms in total. The molecule has 1 heteroatoms. The number of benzene rings is 3. The van der Waals surface area contributed by atoms with Crippen LogP contribution in [0, 0.1) is 41.5 Å². The van der Waals surface area contributed by atoms with Gasteiger partial charge in [-0.25, -0.2) is 0 Å². The van der Waals surface area contributed by atoms with Crippen molar-refractivity contribution in [1.29, 1.82) is 0 Å². The molecule has 0 bridgehead atoms. The highest BCUT2D eigenvalue weighted by Gasteiger charge is 2.41. The highest BCUT2D eigenvalue weighted by Crippen LogP contribution is 2.49. The Kier molecular flexibility index (Phi) is 4.47. The van der Waals surface area contributed by atoms with Crippen LogP contribution in [0.25, 0.3) is 0 Å². The minimum Gasteiger partial charge on any atom is -0.0616 e. The van der Waals surface area contributed by atoms with E-state index in [9.17, 15) is 0 Å². The number of hydrogen-bond donors (Lipinski definition) is 0. The predicted octanol–water partition coefficient (Wildman–Crippen LogP) is 6.70. The lowest BCUT2D eigenvalue weighted by atomic mass is 9.77. The molecule has 27 heavy (non-hydrogen) atoms. The van der Waals surface area contributed by atoms with Gasteiger partial charge in [0.1, 0.15) is 6.26 Å². The third-order valence-electron chi connectivity index (χ3n) is 6.48. The van der Waals surface area contributed by atoms with Gasteiger partial charge in [-0.1, -0.05) is 36.4 Å².